The molecule has 84 heavy (non-hydrogen) atoms. The van der Waals surface area contributed by atoms with Crippen LogP contribution >= 0.6 is 0 Å². The Morgan fingerprint density at radius 3 is 0.571 bits per heavy atom. The van der Waals surface area contributed by atoms with Gasteiger partial charge in [-0.15, -0.1) is 0 Å². The third-order valence-corrected chi connectivity index (χ3v) is 17.2. The second-order valence-corrected chi connectivity index (χ2v) is 24.8. The Morgan fingerprint density at radius 1 is 0.274 bits per heavy atom. The van der Waals surface area contributed by atoms with E-state index in [4.69, 9.17) is 37.9 Å². The lowest BCUT2D eigenvalue weighted by Gasteiger charge is -2.34. The first-order valence-corrected chi connectivity index (χ1v) is 30.5. The molecule has 0 unspecified atom stereocenters. The Morgan fingerprint density at radius 2 is 0.429 bits per heavy atom. The van der Waals surface area contributed by atoms with Crippen molar-refractivity contribution in [3.05, 3.63) is 167 Å². The molecule has 0 atom stereocenters. The van der Waals surface area contributed by atoms with Crippen LogP contribution in [-0.4, -0.2) is 72.8 Å². The Labute approximate surface area is 494 Å². The minimum atomic E-state index is -0.258. The van der Waals surface area contributed by atoms with E-state index in [1.807, 2.05) is 49.6 Å². The number of ether oxygens (including phenoxy) is 8. The Bertz CT molecular complexity index is 3070. The van der Waals surface area contributed by atoms with Crippen molar-refractivity contribution in [1.29, 1.82) is 0 Å². The molecule has 432 valence electrons. The van der Waals surface area contributed by atoms with Gasteiger partial charge in [-0.05, 0) is 144 Å². The van der Waals surface area contributed by atoms with Crippen molar-refractivity contribution in [2.24, 2.45) is 23.7 Å². The van der Waals surface area contributed by atoms with Crippen LogP contribution in [0.2, 0.25) is 0 Å². The fraction of sp³-hybridized carbons (Fsp3) is 0.389. The average molecular weight is 1130 g/mol. The minimum Gasteiger partial charge on any atom is -0.489 e. The van der Waals surface area contributed by atoms with Crippen LogP contribution in [-0.2, 0) is 0 Å². The van der Waals surface area contributed by atoms with Crippen LogP contribution in [0, 0.1) is 23.7 Å². The van der Waals surface area contributed by atoms with Gasteiger partial charge in [-0.3, -0.25) is 19.9 Å². The maximum atomic E-state index is 7.36. The van der Waals surface area contributed by atoms with Crippen LogP contribution in [0.15, 0.2) is 122 Å². The van der Waals surface area contributed by atoms with Gasteiger partial charge in [0.1, 0.15) is 98.9 Å². The number of nitrogens with zero attached hydrogens (tertiary/aromatic N) is 4. The first kappa shape index (κ1) is 55.1. The van der Waals surface area contributed by atoms with Crippen molar-refractivity contribution < 1.29 is 37.9 Å². The molecule has 13 rings (SSSR count). The molecule has 12 heteroatoms. The summed E-state index contributed by atoms with van der Waals surface area (Å²) in [6.45, 7) is 20.8. The second-order valence-electron chi connectivity index (χ2n) is 24.8. The highest BCUT2D eigenvalue weighted by Gasteiger charge is 2.42. The summed E-state index contributed by atoms with van der Waals surface area (Å²) < 4.78 is 58.9. The van der Waals surface area contributed by atoms with Gasteiger partial charge in [0, 0.05) is 118 Å². The van der Waals surface area contributed by atoms with Gasteiger partial charge in [0.05, 0.1) is 22.3 Å². The third-order valence-electron chi connectivity index (χ3n) is 17.2. The lowest BCUT2D eigenvalue weighted by molar-refractivity contribution is 0.206. The monoisotopic (exact) mass is 1120 g/mol. The summed E-state index contributed by atoms with van der Waals surface area (Å²) >= 11 is 0. The molecule has 0 fully saturated rings. The highest BCUT2D eigenvalue weighted by Crippen LogP contribution is 2.62. The quantitative estimate of drug-likeness (QED) is 0.116. The van der Waals surface area contributed by atoms with E-state index in [0.29, 0.717) is 0 Å². The molecule has 4 aromatic heterocycles. The van der Waals surface area contributed by atoms with Crippen LogP contribution in [0.3, 0.4) is 0 Å². The lowest BCUT2D eigenvalue weighted by atomic mass is 9.72. The van der Waals surface area contributed by atoms with Gasteiger partial charge in [-0.2, -0.15) is 0 Å². The summed E-state index contributed by atoms with van der Waals surface area (Å²) in [5.41, 5.74) is 16.0. The molecule has 0 amide bonds. The van der Waals surface area contributed by atoms with E-state index in [2.05, 4.69) is 148 Å². The molecule has 0 spiro atoms. The van der Waals surface area contributed by atoms with Crippen molar-refractivity contribution in [1.82, 2.24) is 19.9 Å². The van der Waals surface area contributed by atoms with Crippen LogP contribution in [0.1, 0.15) is 149 Å². The van der Waals surface area contributed by atoms with Crippen molar-refractivity contribution in [2.45, 2.75) is 105 Å². The predicted molar refractivity (Wildman–Crippen MR) is 328 cm³/mol. The van der Waals surface area contributed by atoms with Crippen molar-refractivity contribution in [2.75, 3.05) is 52.9 Å². The van der Waals surface area contributed by atoms with Crippen molar-refractivity contribution in [3.63, 3.8) is 0 Å². The summed E-state index contributed by atoms with van der Waals surface area (Å²) in [6.07, 6.45) is 18.0. The van der Waals surface area contributed by atoms with Gasteiger partial charge in [0.25, 0.3) is 0 Å². The topological polar surface area (TPSA) is 125 Å². The van der Waals surface area contributed by atoms with Crippen molar-refractivity contribution in [3.8, 4) is 90.5 Å². The van der Waals surface area contributed by atoms with Gasteiger partial charge in [-0.1, -0.05) is 55.4 Å². The smallest absolute Gasteiger partial charge is 0.134 e. The molecule has 4 aliphatic heterocycles. The third kappa shape index (κ3) is 10.2. The molecule has 12 nitrogen and oxygen atoms in total. The fourth-order valence-corrected chi connectivity index (χ4v) is 13.9. The molecule has 8 aromatic rings. The predicted octanol–water partition coefficient (Wildman–Crippen LogP) is 16.0. The van der Waals surface area contributed by atoms with E-state index in [-0.39, 0.29) is 100 Å². The largest absolute Gasteiger partial charge is 0.489 e. The first-order valence-electron chi connectivity index (χ1n) is 30.5. The van der Waals surface area contributed by atoms with Crippen LogP contribution < -0.4 is 37.9 Å². The average Bonchev–Trinajstić information content (AvgIpc) is 2.22. The molecule has 0 saturated heterocycles. The SMILES string of the molecule is CC(C)CC1c2cc3c4c(-c5ccncc5)c2OCCOc2c1cc1c(c2-c2ccncc2)OCCOc2c(cc5c(c2-c2ccncc2)OCCOc2c(cc(c(c2-c2ccncc2)OCCO4)C3CC(C)C)C5CC(C)C)C1CC(C)C. The van der Waals surface area contributed by atoms with Gasteiger partial charge in [0.2, 0.25) is 0 Å². The maximum absolute atomic E-state index is 7.36. The standard InChI is InChI=1S/C72H76N4O8/c1-41(2)33-49-53-37-55-50(34-42(3)4)57-39-59-52(36-44(7)8)60-40-58-51(35-43(5)6)56-38-54(49)66-62(46-11-19-74-20-12-46)68(56)80-28-30-82-70(58)64(48-15-23-76-24-16-48)72(60)84-32-31-83-71(59)63(47-13-21-75-22-14-47)69(57)81-29-27-79-67(55)61(45-9-17-73-18-10-45)65(53)77-25-26-78-66/h9-24,37-44,49-52H,25-36H2,1-8H3. The summed E-state index contributed by atoms with van der Waals surface area (Å²) in [7, 11) is 0. The van der Waals surface area contributed by atoms with Crippen molar-refractivity contribution >= 4 is 0 Å². The van der Waals surface area contributed by atoms with Gasteiger partial charge in [0.15, 0.2) is 0 Å². The minimum absolute atomic E-state index is 0.236. The van der Waals surface area contributed by atoms with E-state index < -0.39 is 0 Å². The van der Waals surface area contributed by atoms with Crippen LogP contribution in [0.4, 0.5) is 0 Å². The Balaban J connectivity index is 1.30. The van der Waals surface area contributed by atoms with Crippen LogP contribution in [0.5, 0.6) is 46.0 Å². The number of benzene rings is 4. The van der Waals surface area contributed by atoms with E-state index in [9.17, 15) is 0 Å². The number of hydrogen-bond donors (Lipinski definition) is 0. The zero-order valence-corrected chi connectivity index (χ0v) is 49.7. The number of rotatable bonds is 12. The van der Waals surface area contributed by atoms with E-state index in [0.717, 1.165) is 161 Å². The molecule has 8 heterocycles. The molecule has 5 aliphatic rings. The zero-order chi connectivity index (χ0) is 57.6. The van der Waals surface area contributed by atoms with Gasteiger partial charge in [-0.25, -0.2) is 0 Å². The van der Waals surface area contributed by atoms with Crippen LogP contribution in [0.25, 0.3) is 44.5 Å². The molecule has 0 N–H and O–H groups in total. The summed E-state index contributed by atoms with van der Waals surface area (Å²) in [4.78, 5) is 18.3. The molecule has 4 aromatic carbocycles. The normalized spacial score (nSPS) is 18.5. The lowest BCUT2D eigenvalue weighted by Crippen LogP contribution is -2.17. The molecular formula is C72H76N4O8. The molecular weight excluding hydrogens is 1050 g/mol. The van der Waals surface area contributed by atoms with Gasteiger partial charge < -0.3 is 37.9 Å². The second kappa shape index (κ2) is 23.5. The van der Waals surface area contributed by atoms with E-state index >= 15 is 0 Å². The summed E-state index contributed by atoms with van der Waals surface area (Å²) in [5, 5.41) is 0. The summed E-state index contributed by atoms with van der Waals surface area (Å²) in [6, 6.07) is 26.6. The molecule has 8 bridgehead atoms. The first-order chi connectivity index (χ1) is 41.0. The molecule has 0 radical (unpaired) electrons. The highest BCUT2D eigenvalue weighted by atomic mass is 16.5. The number of aromatic nitrogens is 4. The summed E-state index contributed by atoms with van der Waals surface area (Å²) in [5.74, 6) is 6.18. The Hall–Kier alpha value is -8.12. The maximum Gasteiger partial charge on any atom is 0.134 e. The number of pyridine rings is 4. The highest BCUT2D eigenvalue weighted by molar-refractivity contribution is 5.88. The fourth-order valence-electron chi connectivity index (χ4n) is 13.9. The number of hydrogen-bond acceptors (Lipinski definition) is 12. The van der Waals surface area contributed by atoms with Gasteiger partial charge >= 0.3 is 0 Å². The van der Waals surface area contributed by atoms with E-state index in [1.165, 1.54) is 0 Å². The van der Waals surface area contributed by atoms with E-state index in [1.54, 1.807) is 0 Å². The Kier molecular flexibility index (Phi) is 15.4. The molecule has 0 saturated carbocycles. The molecule has 1 aliphatic carbocycles. The zero-order valence-electron chi connectivity index (χ0n) is 49.7.